The predicted octanol–water partition coefficient (Wildman–Crippen LogP) is 2.67. The van der Waals surface area contributed by atoms with E-state index in [0.717, 1.165) is 41.4 Å². The summed E-state index contributed by atoms with van der Waals surface area (Å²) in [6, 6.07) is 0.434. The highest BCUT2D eigenvalue weighted by Gasteiger charge is 2.19. The molecule has 2 aromatic rings. The zero-order chi connectivity index (χ0) is 14.0. The molecular weight excluding hydrogens is 240 g/mol. The molecular formula is C14H22N4O. The summed E-state index contributed by atoms with van der Waals surface area (Å²) in [6.45, 7) is 12.0. The lowest BCUT2D eigenvalue weighted by atomic mass is 10.1. The molecule has 5 heteroatoms. The van der Waals surface area contributed by atoms with Gasteiger partial charge in [0.15, 0.2) is 5.76 Å². The molecule has 19 heavy (non-hydrogen) atoms. The van der Waals surface area contributed by atoms with Crippen LogP contribution >= 0.6 is 0 Å². The lowest BCUT2D eigenvalue weighted by molar-refractivity contribution is 0.430. The quantitative estimate of drug-likeness (QED) is 0.900. The van der Waals surface area contributed by atoms with Gasteiger partial charge in [-0.1, -0.05) is 19.0 Å². The van der Waals surface area contributed by atoms with E-state index < -0.39 is 0 Å². The van der Waals surface area contributed by atoms with Crippen LogP contribution in [0.15, 0.2) is 10.7 Å². The summed E-state index contributed by atoms with van der Waals surface area (Å²) in [6.07, 6.45) is 1.78. The van der Waals surface area contributed by atoms with Crippen molar-refractivity contribution in [2.24, 2.45) is 0 Å². The highest BCUT2D eigenvalue weighted by Crippen LogP contribution is 2.29. The zero-order valence-electron chi connectivity index (χ0n) is 12.3. The molecule has 0 bridgehead atoms. The van der Waals surface area contributed by atoms with Gasteiger partial charge in [0.2, 0.25) is 0 Å². The molecule has 0 aliphatic rings. The second-order valence-electron chi connectivity index (χ2n) is 5.08. The van der Waals surface area contributed by atoms with Crippen LogP contribution in [0.4, 0.5) is 0 Å². The van der Waals surface area contributed by atoms with Crippen molar-refractivity contribution in [3.8, 4) is 11.3 Å². The predicted molar refractivity (Wildman–Crippen MR) is 74.8 cm³/mol. The third-order valence-electron chi connectivity index (χ3n) is 3.25. The van der Waals surface area contributed by atoms with Gasteiger partial charge >= 0.3 is 0 Å². The fraction of sp³-hybridized carbons (Fsp3) is 0.571. The van der Waals surface area contributed by atoms with E-state index in [0.29, 0.717) is 6.04 Å². The van der Waals surface area contributed by atoms with Crippen molar-refractivity contribution in [2.75, 3.05) is 0 Å². The Morgan fingerprint density at radius 1 is 1.37 bits per heavy atom. The average molecular weight is 262 g/mol. The molecule has 2 heterocycles. The Bertz CT molecular complexity index is 554. The number of aromatic nitrogens is 3. The molecule has 2 rings (SSSR count). The summed E-state index contributed by atoms with van der Waals surface area (Å²) in [4.78, 5) is 0. The molecule has 5 nitrogen and oxygen atoms in total. The third kappa shape index (κ3) is 2.71. The number of rotatable bonds is 5. The minimum atomic E-state index is 0.434. The Morgan fingerprint density at radius 2 is 2.11 bits per heavy atom. The van der Waals surface area contributed by atoms with Crippen LogP contribution in [0.3, 0.4) is 0 Å². The zero-order valence-corrected chi connectivity index (χ0v) is 12.3. The molecule has 0 radical (unpaired) electrons. The van der Waals surface area contributed by atoms with E-state index in [1.165, 1.54) is 0 Å². The van der Waals surface area contributed by atoms with E-state index in [9.17, 15) is 0 Å². The van der Waals surface area contributed by atoms with Crippen LogP contribution in [0, 0.1) is 13.8 Å². The Kier molecular flexibility index (Phi) is 4.04. The Balaban J connectivity index is 2.37. The summed E-state index contributed by atoms with van der Waals surface area (Å²) in [7, 11) is 0. The first-order valence-corrected chi connectivity index (χ1v) is 6.75. The monoisotopic (exact) mass is 262 g/mol. The first kappa shape index (κ1) is 13.8. The smallest absolute Gasteiger partial charge is 0.175 e. The number of hydrogen-bond donors (Lipinski definition) is 1. The minimum Gasteiger partial charge on any atom is -0.356 e. The van der Waals surface area contributed by atoms with Crippen LogP contribution in [0.5, 0.6) is 0 Å². The fourth-order valence-corrected chi connectivity index (χ4v) is 2.24. The van der Waals surface area contributed by atoms with E-state index in [-0.39, 0.29) is 0 Å². The van der Waals surface area contributed by atoms with Crippen LogP contribution in [0.25, 0.3) is 11.3 Å². The van der Waals surface area contributed by atoms with E-state index in [1.807, 2.05) is 11.6 Å². The number of nitrogens with zero attached hydrogens (tertiary/aromatic N) is 3. The number of aryl methyl sites for hydroxylation is 2. The van der Waals surface area contributed by atoms with Gasteiger partial charge in [0.1, 0.15) is 0 Å². The lowest BCUT2D eigenvalue weighted by Crippen LogP contribution is -2.21. The maximum Gasteiger partial charge on any atom is 0.175 e. The van der Waals surface area contributed by atoms with Gasteiger partial charge in [-0.05, 0) is 20.8 Å². The summed E-state index contributed by atoms with van der Waals surface area (Å²) in [5.41, 5.74) is 4.26. The van der Waals surface area contributed by atoms with Crippen LogP contribution in [0.2, 0.25) is 0 Å². The molecule has 0 unspecified atom stereocenters. The van der Waals surface area contributed by atoms with Gasteiger partial charge in [-0.2, -0.15) is 5.10 Å². The summed E-state index contributed by atoms with van der Waals surface area (Å²) < 4.78 is 7.45. The highest BCUT2D eigenvalue weighted by molar-refractivity contribution is 5.66. The van der Waals surface area contributed by atoms with Crippen molar-refractivity contribution in [3.63, 3.8) is 0 Å². The molecule has 0 aliphatic carbocycles. The van der Waals surface area contributed by atoms with Gasteiger partial charge in [-0.25, -0.2) is 0 Å². The molecule has 0 aromatic carbocycles. The fourth-order valence-electron chi connectivity index (χ4n) is 2.24. The topological polar surface area (TPSA) is 55.9 Å². The standard InChI is InChI=1S/C14H22N4O/c1-6-18-11(5)13(10(4)17-18)14-12(8-16-19-14)7-15-9(2)3/h8-9,15H,6-7H2,1-5H3. The SMILES string of the molecule is CCn1nc(C)c(-c2oncc2CNC(C)C)c1C. The Morgan fingerprint density at radius 3 is 2.68 bits per heavy atom. The number of nitrogens with one attached hydrogen (secondary N) is 1. The van der Waals surface area contributed by atoms with Crippen molar-refractivity contribution in [2.45, 2.75) is 53.8 Å². The molecule has 0 aliphatic heterocycles. The van der Waals surface area contributed by atoms with Gasteiger partial charge < -0.3 is 9.84 Å². The van der Waals surface area contributed by atoms with E-state index in [2.05, 4.69) is 43.3 Å². The third-order valence-corrected chi connectivity index (χ3v) is 3.25. The average Bonchev–Trinajstić information content (AvgIpc) is 2.91. The largest absolute Gasteiger partial charge is 0.356 e. The van der Waals surface area contributed by atoms with E-state index in [1.54, 1.807) is 6.20 Å². The van der Waals surface area contributed by atoms with Crippen molar-refractivity contribution in [3.05, 3.63) is 23.1 Å². The van der Waals surface area contributed by atoms with E-state index in [4.69, 9.17) is 4.52 Å². The number of hydrogen-bond acceptors (Lipinski definition) is 4. The second kappa shape index (κ2) is 5.57. The maximum atomic E-state index is 5.46. The molecule has 0 saturated heterocycles. The highest BCUT2D eigenvalue weighted by atomic mass is 16.5. The first-order valence-electron chi connectivity index (χ1n) is 6.75. The molecule has 0 spiro atoms. The lowest BCUT2D eigenvalue weighted by Gasteiger charge is -2.07. The maximum absolute atomic E-state index is 5.46. The van der Waals surface area contributed by atoms with Crippen LogP contribution in [-0.2, 0) is 13.1 Å². The Hall–Kier alpha value is -1.62. The molecule has 0 amide bonds. The molecule has 1 N–H and O–H groups in total. The van der Waals surface area contributed by atoms with Crippen LogP contribution in [0.1, 0.15) is 37.7 Å². The minimum absolute atomic E-state index is 0.434. The van der Waals surface area contributed by atoms with Crippen LogP contribution in [-0.4, -0.2) is 21.0 Å². The summed E-state index contributed by atoms with van der Waals surface area (Å²) >= 11 is 0. The summed E-state index contributed by atoms with van der Waals surface area (Å²) in [5.74, 6) is 0.836. The van der Waals surface area contributed by atoms with Gasteiger partial charge in [0.05, 0.1) is 17.5 Å². The van der Waals surface area contributed by atoms with Crippen molar-refractivity contribution >= 4 is 0 Å². The summed E-state index contributed by atoms with van der Waals surface area (Å²) in [5, 5.41) is 11.9. The van der Waals surface area contributed by atoms with Crippen LogP contribution < -0.4 is 5.32 Å². The molecule has 104 valence electrons. The molecule has 2 aromatic heterocycles. The van der Waals surface area contributed by atoms with Crippen molar-refractivity contribution in [1.29, 1.82) is 0 Å². The second-order valence-corrected chi connectivity index (χ2v) is 5.08. The molecule has 0 atom stereocenters. The van der Waals surface area contributed by atoms with Gasteiger partial charge in [-0.3, -0.25) is 4.68 Å². The van der Waals surface area contributed by atoms with Gasteiger partial charge in [0.25, 0.3) is 0 Å². The molecule has 0 saturated carbocycles. The Labute approximate surface area is 114 Å². The molecule has 0 fully saturated rings. The normalized spacial score (nSPS) is 11.5. The van der Waals surface area contributed by atoms with Crippen molar-refractivity contribution < 1.29 is 4.52 Å². The first-order chi connectivity index (χ1) is 9.04. The van der Waals surface area contributed by atoms with E-state index >= 15 is 0 Å². The van der Waals surface area contributed by atoms with Gasteiger partial charge in [-0.15, -0.1) is 0 Å². The van der Waals surface area contributed by atoms with Gasteiger partial charge in [0, 0.05) is 30.4 Å². The van der Waals surface area contributed by atoms with Crippen molar-refractivity contribution in [1.82, 2.24) is 20.3 Å².